The molecule has 1 aromatic heterocycles. The zero-order valence-corrected chi connectivity index (χ0v) is 11.2. The summed E-state index contributed by atoms with van der Waals surface area (Å²) in [4.78, 5) is 6.39. The minimum absolute atomic E-state index is 0.163. The van der Waals surface area contributed by atoms with Gasteiger partial charge in [-0.2, -0.15) is 0 Å². The van der Waals surface area contributed by atoms with Gasteiger partial charge in [-0.15, -0.1) is 0 Å². The van der Waals surface area contributed by atoms with Crippen LogP contribution in [0.4, 0.5) is 10.1 Å². The highest BCUT2D eigenvalue weighted by Crippen LogP contribution is 2.42. The molecule has 2 atom stereocenters. The molecule has 3 heterocycles. The van der Waals surface area contributed by atoms with E-state index in [1.165, 1.54) is 0 Å². The van der Waals surface area contributed by atoms with Gasteiger partial charge in [-0.3, -0.25) is 9.37 Å². The SMILES string of the molecule is OCC1(CF)Cc2ncc(Cl)cc2N2CCOCC21. The lowest BCUT2D eigenvalue weighted by Crippen LogP contribution is -2.61. The lowest BCUT2D eigenvalue weighted by Gasteiger charge is -2.51. The van der Waals surface area contributed by atoms with Crippen molar-refractivity contribution in [2.75, 3.05) is 37.9 Å². The van der Waals surface area contributed by atoms with Crippen LogP contribution in [0.3, 0.4) is 0 Å². The van der Waals surface area contributed by atoms with Crippen LogP contribution in [0.5, 0.6) is 0 Å². The van der Waals surface area contributed by atoms with Crippen LogP contribution in [0.1, 0.15) is 5.69 Å². The van der Waals surface area contributed by atoms with Gasteiger partial charge >= 0.3 is 0 Å². The van der Waals surface area contributed by atoms with E-state index in [-0.39, 0.29) is 12.6 Å². The molecular formula is C13H16ClFN2O2. The Morgan fingerprint density at radius 2 is 2.47 bits per heavy atom. The molecule has 3 rings (SSSR count). The number of nitrogens with zero attached hydrogens (tertiary/aromatic N) is 2. The zero-order chi connectivity index (χ0) is 13.5. The molecule has 0 amide bonds. The van der Waals surface area contributed by atoms with Gasteiger partial charge < -0.3 is 14.7 Å². The molecular weight excluding hydrogens is 271 g/mol. The Labute approximate surface area is 116 Å². The Balaban J connectivity index is 2.09. The van der Waals surface area contributed by atoms with Crippen molar-refractivity contribution in [3.8, 4) is 0 Å². The van der Waals surface area contributed by atoms with E-state index in [0.29, 0.717) is 31.2 Å². The van der Waals surface area contributed by atoms with Gasteiger partial charge in [0.1, 0.15) is 0 Å². The summed E-state index contributed by atoms with van der Waals surface area (Å²) in [5.41, 5.74) is 0.918. The lowest BCUT2D eigenvalue weighted by molar-refractivity contribution is -0.00755. The van der Waals surface area contributed by atoms with Crippen molar-refractivity contribution in [2.24, 2.45) is 5.41 Å². The Kier molecular flexibility index (Phi) is 3.37. The number of hydrogen-bond acceptors (Lipinski definition) is 4. The minimum Gasteiger partial charge on any atom is -0.396 e. The fraction of sp³-hybridized carbons (Fsp3) is 0.615. The standard InChI is InChI=1S/C13H16ClFN2O2/c14-9-3-11-10(16-5-9)4-13(7-15,8-18)12-6-19-2-1-17(11)12/h3,5,12,18H,1-2,4,6-8H2. The molecule has 1 aromatic rings. The van der Waals surface area contributed by atoms with Crippen LogP contribution in [0.25, 0.3) is 0 Å². The van der Waals surface area contributed by atoms with Crippen molar-refractivity contribution in [3.05, 3.63) is 23.0 Å². The van der Waals surface area contributed by atoms with Gasteiger partial charge in [0, 0.05) is 19.2 Å². The number of alkyl halides is 1. The molecule has 2 aliphatic rings. The third-order valence-corrected chi connectivity index (χ3v) is 4.37. The van der Waals surface area contributed by atoms with Gasteiger partial charge in [0.05, 0.1) is 54.4 Å². The van der Waals surface area contributed by atoms with E-state index in [2.05, 4.69) is 9.88 Å². The summed E-state index contributed by atoms with van der Waals surface area (Å²) in [5, 5.41) is 10.3. The average Bonchev–Trinajstić information content (AvgIpc) is 2.47. The number of halogens is 2. The highest BCUT2D eigenvalue weighted by molar-refractivity contribution is 6.30. The number of morpholine rings is 1. The van der Waals surface area contributed by atoms with E-state index < -0.39 is 12.1 Å². The van der Waals surface area contributed by atoms with Gasteiger partial charge in [-0.25, -0.2) is 0 Å². The number of aliphatic hydroxyl groups is 1. The van der Waals surface area contributed by atoms with Gasteiger partial charge in [0.25, 0.3) is 0 Å². The first-order valence-electron chi connectivity index (χ1n) is 6.36. The van der Waals surface area contributed by atoms with Gasteiger partial charge in [-0.1, -0.05) is 11.6 Å². The fourth-order valence-corrected chi connectivity index (χ4v) is 3.18. The van der Waals surface area contributed by atoms with E-state index in [0.717, 1.165) is 11.4 Å². The Morgan fingerprint density at radius 3 is 3.21 bits per heavy atom. The summed E-state index contributed by atoms with van der Waals surface area (Å²) in [6.45, 7) is 0.893. The van der Waals surface area contributed by atoms with Gasteiger partial charge in [0.2, 0.25) is 0 Å². The quantitative estimate of drug-likeness (QED) is 0.894. The first-order valence-corrected chi connectivity index (χ1v) is 6.73. The fourth-order valence-electron chi connectivity index (χ4n) is 3.03. The number of ether oxygens (including phenoxy) is 1. The van der Waals surface area contributed by atoms with Gasteiger partial charge in [-0.05, 0) is 6.07 Å². The van der Waals surface area contributed by atoms with Crippen molar-refractivity contribution < 1.29 is 14.2 Å². The van der Waals surface area contributed by atoms with Crippen LogP contribution in [0.15, 0.2) is 12.3 Å². The molecule has 0 aromatic carbocycles. The predicted octanol–water partition coefficient (Wildman–Crippen LogP) is 1.44. The first-order chi connectivity index (χ1) is 9.20. The van der Waals surface area contributed by atoms with E-state index in [1.54, 1.807) is 6.20 Å². The van der Waals surface area contributed by atoms with Crippen LogP contribution in [0, 0.1) is 5.41 Å². The van der Waals surface area contributed by atoms with Crippen LogP contribution < -0.4 is 4.90 Å². The number of aliphatic hydroxyl groups excluding tert-OH is 1. The molecule has 0 radical (unpaired) electrons. The molecule has 104 valence electrons. The molecule has 4 nitrogen and oxygen atoms in total. The topological polar surface area (TPSA) is 45.6 Å². The molecule has 2 aliphatic heterocycles. The van der Waals surface area contributed by atoms with Crippen molar-refractivity contribution in [3.63, 3.8) is 0 Å². The predicted molar refractivity (Wildman–Crippen MR) is 70.4 cm³/mol. The summed E-state index contributed by atoms with van der Waals surface area (Å²) in [5.74, 6) is 0. The Hall–Kier alpha value is -0.910. The Morgan fingerprint density at radius 1 is 1.63 bits per heavy atom. The number of rotatable bonds is 2. The largest absolute Gasteiger partial charge is 0.396 e. The van der Waals surface area contributed by atoms with Crippen molar-refractivity contribution in [1.82, 2.24) is 4.98 Å². The Bertz CT molecular complexity index is 482. The summed E-state index contributed by atoms with van der Waals surface area (Å²) in [7, 11) is 0. The van der Waals surface area contributed by atoms with Gasteiger partial charge in [0.15, 0.2) is 0 Å². The summed E-state index contributed by atoms with van der Waals surface area (Å²) < 4.78 is 19.1. The summed E-state index contributed by atoms with van der Waals surface area (Å²) in [6.07, 6.45) is 1.98. The molecule has 19 heavy (non-hydrogen) atoms. The molecule has 0 saturated carbocycles. The number of pyridine rings is 1. The second-order valence-corrected chi connectivity index (χ2v) is 5.67. The maximum atomic E-state index is 13.6. The normalized spacial score (nSPS) is 29.8. The summed E-state index contributed by atoms with van der Waals surface area (Å²) in [6, 6.07) is 1.70. The van der Waals surface area contributed by atoms with Crippen LogP contribution in [0.2, 0.25) is 5.02 Å². The number of hydrogen-bond donors (Lipinski definition) is 1. The van der Waals surface area contributed by atoms with Crippen LogP contribution >= 0.6 is 11.6 Å². The highest BCUT2D eigenvalue weighted by Gasteiger charge is 2.48. The van der Waals surface area contributed by atoms with Crippen molar-refractivity contribution in [2.45, 2.75) is 12.5 Å². The third kappa shape index (κ3) is 2.00. The molecule has 1 fully saturated rings. The number of anilines is 1. The molecule has 2 unspecified atom stereocenters. The second-order valence-electron chi connectivity index (χ2n) is 5.23. The molecule has 0 bridgehead atoms. The highest BCUT2D eigenvalue weighted by atomic mass is 35.5. The zero-order valence-electron chi connectivity index (χ0n) is 10.5. The monoisotopic (exact) mass is 286 g/mol. The van der Waals surface area contributed by atoms with Crippen LogP contribution in [-0.2, 0) is 11.2 Å². The molecule has 1 N–H and O–H groups in total. The lowest BCUT2D eigenvalue weighted by atomic mass is 9.74. The summed E-state index contributed by atoms with van der Waals surface area (Å²) >= 11 is 6.00. The maximum Gasteiger partial charge on any atom is 0.0997 e. The maximum absolute atomic E-state index is 13.6. The van der Waals surface area contributed by atoms with Crippen LogP contribution in [-0.4, -0.2) is 49.2 Å². The molecule has 1 saturated heterocycles. The minimum atomic E-state index is -0.825. The van der Waals surface area contributed by atoms with E-state index in [1.807, 2.05) is 6.07 Å². The van der Waals surface area contributed by atoms with E-state index >= 15 is 0 Å². The molecule has 6 heteroatoms. The average molecular weight is 287 g/mol. The van der Waals surface area contributed by atoms with E-state index in [4.69, 9.17) is 16.3 Å². The van der Waals surface area contributed by atoms with Crippen molar-refractivity contribution >= 4 is 17.3 Å². The number of fused-ring (bicyclic) bond motifs is 3. The number of aromatic nitrogens is 1. The third-order valence-electron chi connectivity index (χ3n) is 4.16. The molecule has 0 aliphatic carbocycles. The molecule has 0 spiro atoms. The second kappa shape index (κ2) is 4.89. The smallest absolute Gasteiger partial charge is 0.0997 e. The van der Waals surface area contributed by atoms with Crippen molar-refractivity contribution in [1.29, 1.82) is 0 Å². The first kappa shape index (κ1) is 13.1. The van der Waals surface area contributed by atoms with E-state index in [9.17, 15) is 9.50 Å².